The van der Waals surface area contributed by atoms with Crippen molar-refractivity contribution in [2.45, 2.75) is 38.0 Å². The molecule has 1 saturated heterocycles. The largest absolute Gasteiger partial charge is 0.392 e. The highest BCUT2D eigenvalue weighted by molar-refractivity contribution is 5.74. The minimum absolute atomic E-state index is 0.0835. The predicted octanol–water partition coefficient (Wildman–Crippen LogP) is 1.43. The Hall–Kier alpha value is -1.63. The summed E-state index contributed by atoms with van der Waals surface area (Å²) in [6.45, 7) is 4.90. The lowest BCUT2D eigenvalue weighted by molar-refractivity contribution is 0.134. The summed E-state index contributed by atoms with van der Waals surface area (Å²) in [5.41, 5.74) is 1.09. The summed E-state index contributed by atoms with van der Waals surface area (Å²) < 4.78 is 0. The Morgan fingerprint density at radius 3 is 2.56 bits per heavy atom. The van der Waals surface area contributed by atoms with Gasteiger partial charge in [0.25, 0.3) is 0 Å². The monoisotopic (exact) mass is 348 g/mol. The van der Waals surface area contributed by atoms with Gasteiger partial charge in [-0.3, -0.25) is 0 Å². The number of carbonyl (C=O) groups is 1. The summed E-state index contributed by atoms with van der Waals surface area (Å²) in [7, 11) is 4.30. The van der Waals surface area contributed by atoms with Crippen LogP contribution in [0.3, 0.4) is 0 Å². The third-order valence-electron chi connectivity index (χ3n) is 4.85. The van der Waals surface area contributed by atoms with Crippen molar-refractivity contribution in [3.05, 3.63) is 35.9 Å². The summed E-state index contributed by atoms with van der Waals surface area (Å²) in [5, 5.41) is 15.1. The summed E-state index contributed by atoms with van der Waals surface area (Å²) in [5.74, 6) is 0. The van der Waals surface area contributed by atoms with Crippen molar-refractivity contribution in [1.29, 1.82) is 0 Å². The predicted molar refractivity (Wildman–Crippen MR) is 101 cm³/mol. The van der Waals surface area contributed by atoms with E-state index in [9.17, 15) is 9.90 Å². The van der Waals surface area contributed by atoms with Gasteiger partial charge in [0.2, 0.25) is 0 Å². The van der Waals surface area contributed by atoms with E-state index in [0.717, 1.165) is 38.0 Å². The van der Waals surface area contributed by atoms with E-state index < -0.39 is 6.10 Å². The second-order valence-corrected chi connectivity index (χ2v) is 7.14. The zero-order valence-electron chi connectivity index (χ0n) is 15.6. The molecule has 1 aromatic rings. The van der Waals surface area contributed by atoms with Gasteiger partial charge in [-0.2, -0.15) is 0 Å². The van der Waals surface area contributed by atoms with Gasteiger partial charge in [-0.1, -0.05) is 30.3 Å². The highest BCUT2D eigenvalue weighted by atomic mass is 16.3. The first-order chi connectivity index (χ1) is 12.0. The summed E-state index contributed by atoms with van der Waals surface area (Å²) in [6.07, 6.45) is 1.76. The average molecular weight is 348 g/mol. The van der Waals surface area contributed by atoms with E-state index in [1.165, 1.54) is 0 Å². The Balaban J connectivity index is 1.98. The molecule has 0 bridgehead atoms. The van der Waals surface area contributed by atoms with E-state index in [2.05, 4.69) is 34.5 Å². The van der Waals surface area contributed by atoms with Crippen molar-refractivity contribution >= 4 is 6.03 Å². The molecule has 1 fully saturated rings. The quantitative estimate of drug-likeness (QED) is 0.697. The van der Waals surface area contributed by atoms with Gasteiger partial charge in [-0.05, 0) is 52.5 Å². The molecule has 1 aliphatic rings. The topological polar surface area (TPSA) is 67.8 Å². The molecule has 2 atom stereocenters. The zero-order chi connectivity index (χ0) is 18.2. The van der Waals surface area contributed by atoms with E-state index in [1.54, 1.807) is 6.92 Å². The highest BCUT2D eigenvalue weighted by Gasteiger charge is 2.24. The normalized spacial score (nSPS) is 18.8. The van der Waals surface area contributed by atoms with Gasteiger partial charge in [0.1, 0.15) is 0 Å². The number of piperidine rings is 1. The third kappa shape index (κ3) is 6.65. The lowest BCUT2D eigenvalue weighted by Crippen LogP contribution is -2.47. The molecule has 1 unspecified atom stereocenters. The van der Waals surface area contributed by atoms with Crippen molar-refractivity contribution in [2.75, 3.05) is 40.3 Å². The first-order valence-corrected chi connectivity index (χ1v) is 9.12. The van der Waals surface area contributed by atoms with Crippen LogP contribution in [0.2, 0.25) is 0 Å². The van der Waals surface area contributed by atoms with Crippen LogP contribution >= 0.6 is 0 Å². The molecular weight excluding hydrogens is 316 g/mol. The van der Waals surface area contributed by atoms with Gasteiger partial charge in [0.05, 0.1) is 12.1 Å². The van der Waals surface area contributed by atoms with Crippen molar-refractivity contribution in [1.82, 2.24) is 20.4 Å². The second-order valence-electron chi connectivity index (χ2n) is 7.14. The number of hydrogen-bond donors (Lipinski definition) is 3. The minimum atomic E-state index is -0.553. The second kappa shape index (κ2) is 9.75. The van der Waals surface area contributed by atoms with Crippen LogP contribution in [0.5, 0.6) is 0 Å². The smallest absolute Gasteiger partial charge is 0.315 e. The molecule has 3 N–H and O–H groups in total. The minimum Gasteiger partial charge on any atom is -0.392 e. The molecule has 0 aliphatic carbocycles. The van der Waals surface area contributed by atoms with Gasteiger partial charge < -0.3 is 25.5 Å². The van der Waals surface area contributed by atoms with Crippen LogP contribution in [0.25, 0.3) is 0 Å². The van der Waals surface area contributed by atoms with E-state index in [-0.39, 0.29) is 18.6 Å². The molecule has 25 heavy (non-hydrogen) atoms. The van der Waals surface area contributed by atoms with Crippen molar-refractivity contribution in [2.24, 2.45) is 0 Å². The van der Waals surface area contributed by atoms with Gasteiger partial charge in [0, 0.05) is 19.1 Å². The number of likely N-dealkylation sites (tertiary alicyclic amines) is 1. The molecule has 2 rings (SSSR count). The number of aliphatic hydroxyl groups is 1. The van der Waals surface area contributed by atoms with Crippen molar-refractivity contribution < 1.29 is 9.90 Å². The first kappa shape index (κ1) is 19.7. The third-order valence-corrected chi connectivity index (χ3v) is 4.85. The number of nitrogens with zero attached hydrogens (tertiary/aromatic N) is 2. The maximum Gasteiger partial charge on any atom is 0.315 e. The van der Waals surface area contributed by atoms with Crippen LogP contribution in [0.1, 0.15) is 31.4 Å². The molecule has 0 radical (unpaired) electrons. The standard InChI is InChI=1S/C19H32N4O2/c1-15(24)13-20-19(25)21-18(16-7-5-4-6-8-16)14-23(3)17-9-11-22(2)12-10-17/h4-8,15,17-18,24H,9-14H2,1-3H3,(H2,20,21,25)/t15-,18?/m0/s1. The Kier molecular flexibility index (Phi) is 7.68. The van der Waals surface area contributed by atoms with E-state index in [1.807, 2.05) is 30.3 Å². The molecule has 140 valence electrons. The number of aliphatic hydroxyl groups excluding tert-OH is 1. The van der Waals surface area contributed by atoms with E-state index in [0.29, 0.717) is 6.04 Å². The Morgan fingerprint density at radius 1 is 1.32 bits per heavy atom. The number of urea groups is 1. The molecule has 6 nitrogen and oxygen atoms in total. The number of nitrogens with one attached hydrogen (secondary N) is 2. The van der Waals surface area contributed by atoms with Crippen LogP contribution in [0.4, 0.5) is 4.79 Å². The van der Waals surface area contributed by atoms with Crippen LogP contribution < -0.4 is 10.6 Å². The van der Waals surface area contributed by atoms with Crippen LogP contribution in [-0.4, -0.2) is 73.4 Å². The molecule has 1 heterocycles. The van der Waals surface area contributed by atoms with Gasteiger partial charge in [-0.15, -0.1) is 0 Å². The maximum atomic E-state index is 12.2. The number of amides is 2. The molecule has 0 spiro atoms. The summed E-state index contributed by atoms with van der Waals surface area (Å²) in [6, 6.07) is 10.3. The lowest BCUT2D eigenvalue weighted by Gasteiger charge is -2.37. The lowest BCUT2D eigenvalue weighted by atomic mass is 10.0. The number of benzene rings is 1. The first-order valence-electron chi connectivity index (χ1n) is 9.12. The fourth-order valence-corrected chi connectivity index (χ4v) is 3.24. The van der Waals surface area contributed by atoms with Gasteiger partial charge >= 0.3 is 6.03 Å². The van der Waals surface area contributed by atoms with Crippen LogP contribution in [-0.2, 0) is 0 Å². The number of likely N-dealkylation sites (N-methyl/N-ethyl adjacent to an activating group) is 1. The van der Waals surface area contributed by atoms with Crippen molar-refractivity contribution in [3.8, 4) is 0 Å². The highest BCUT2D eigenvalue weighted by Crippen LogP contribution is 2.19. The fourth-order valence-electron chi connectivity index (χ4n) is 3.24. The SMILES string of the molecule is C[C@H](O)CNC(=O)NC(CN(C)C1CCN(C)CC1)c1ccccc1. The van der Waals surface area contributed by atoms with E-state index in [4.69, 9.17) is 0 Å². The Labute approximate surface area is 151 Å². The van der Waals surface area contributed by atoms with Gasteiger partial charge in [0.15, 0.2) is 0 Å². The molecular formula is C19H32N4O2. The molecule has 2 amide bonds. The maximum absolute atomic E-state index is 12.2. The molecule has 0 saturated carbocycles. The Bertz CT molecular complexity index is 515. The average Bonchev–Trinajstić information content (AvgIpc) is 2.60. The van der Waals surface area contributed by atoms with Crippen LogP contribution in [0, 0.1) is 0 Å². The number of rotatable bonds is 7. The Morgan fingerprint density at radius 2 is 1.96 bits per heavy atom. The van der Waals surface area contributed by atoms with Crippen molar-refractivity contribution in [3.63, 3.8) is 0 Å². The molecule has 1 aliphatic heterocycles. The number of carbonyl (C=O) groups excluding carboxylic acids is 1. The van der Waals surface area contributed by atoms with E-state index >= 15 is 0 Å². The number of hydrogen-bond acceptors (Lipinski definition) is 4. The molecule has 1 aromatic carbocycles. The summed E-state index contributed by atoms with van der Waals surface area (Å²) >= 11 is 0. The molecule has 6 heteroatoms. The van der Waals surface area contributed by atoms with Crippen LogP contribution in [0.15, 0.2) is 30.3 Å². The zero-order valence-corrected chi connectivity index (χ0v) is 15.6. The fraction of sp³-hybridized carbons (Fsp3) is 0.632. The molecule has 0 aromatic heterocycles. The van der Waals surface area contributed by atoms with Gasteiger partial charge in [-0.25, -0.2) is 4.79 Å². The summed E-state index contributed by atoms with van der Waals surface area (Å²) in [4.78, 5) is 16.9.